The second-order valence-corrected chi connectivity index (χ2v) is 7.10. The third-order valence-corrected chi connectivity index (χ3v) is 4.85. The lowest BCUT2D eigenvalue weighted by molar-refractivity contribution is -0.907. The summed E-state index contributed by atoms with van der Waals surface area (Å²) in [5, 5.41) is 10.8. The Morgan fingerprint density at radius 2 is 1.87 bits per heavy atom. The van der Waals surface area contributed by atoms with Crippen molar-refractivity contribution in [3.05, 3.63) is 63.5 Å². The summed E-state index contributed by atoms with van der Waals surface area (Å²) in [4.78, 5) is 13.0. The molecule has 0 spiro atoms. The van der Waals surface area contributed by atoms with Crippen LogP contribution in [0.15, 0.2) is 45.6 Å². The van der Waals surface area contributed by atoms with E-state index in [1.165, 1.54) is 25.3 Å². The van der Waals surface area contributed by atoms with Crippen LogP contribution < -0.4 is 20.0 Å². The van der Waals surface area contributed by atoms with Gasteiger partial charge >= 0.3 is 12.2 Å². The van der Waals surface area contributed by atoms with Crippen molar-refractivity contribution in [2.45, 2.75) is 33.0 Å². The summed E-state index contributed by atoms with van der Waals surface area (Å²) < 4.78 is 39.8. The maximum absolute atomic E-state index is 12.5. The minimum atomic E-state index is -2.93. The molecule has 0 aliphatic heterocycles. The maximum Gasteiger partial charge on any atom is 0.387 e. The van der Waals surface area contributed by atoms with Gasteiger partial charge in [0, 0.05) is 28.6 Å². The minimum absolute atomic E-state index is 0.0209. The summed E-state index contributed by atoms with van der Waals surface area (Å²) in [5.74, 6) is 0.311. The molecule has 2 N–H and O–H groups in total. The fourth-order valence-corrected chi connectivity index (χ4v) is 3.49. The van der Waals surface area contributed by atoms with Gasteiger partial charge in [0.25, 0.3) is 0 Å². The molecule has 0 saturated carbocycles. The van der Waals surface area contributed by atoms with Crippen molar-refractivity contribution < 1.29 is 32.7 Å². The molecule has 160 valence electrons. The van der Waals surface area contributed by atoms with Crippen LogP contribution in [0.3, 0.4) is 0 Å². The van der Waals surface area contributed by atoms with Gasteiger partial charge in [0.15, 0.2) is 11.5 Å². The highest BCUT2D eigenvalue weighted by Gasteiger charge is 2.16. The summed E-state index contributed by atoms with van der Waals surface area (Å²) in [6.45, 7) is 0.0918. The summed E-state index contributed by atoms with van der Waals surface area (Å²) in [7, 11) is 3.35. The van der Waals surface area contributed by atoms with Crippen molar-refractivity contribution >= 4 is 11.0 Å². The van der Waals surface area contributed by atoms with Crippen LogP contribution in [0.2, 0.25) is 0 Å². The summed E-state index contributed by atoms with van der Waals surface area (Å²) >= 11 is 0. The average Bonchev–Trinajstić information content (AvgIpc) is 2.68. The van der Waals surface area contributed by atoms with E-state index in [1.54, 1.807) is 12.1 Å². The number of aromatic hydroxyl groups is 1. The van der Waals surface area contributed by atoms with Crippen LogP contribution in [0.1, 0.15) is 23.6 Å². The Labute approximate surface area is 172 Å². The molecule has 0 aliphatic rings. The van der Waals surface area contributed by atoms with Gasteiger partial charge in [-0.1, -0.05) is 6.92 Å². The van der Waals surface area contributed by atoms with Crippen molar-refractivity contribution in [1.82, 2.24) is 0 Å². The smallest absolute Gasteiger partial charge is 0.387 e. The van der Waals surface area contributed by atoms with E-state index in [4.69, 9.17) is 9.15 Å². The fourth-order valence-electron chi connectivity index (χ4n) is 3.49. The van der Waals surface area contributed by atoms with Crippen molar-refractivity contribution in [3.8, 4) is 17.2 Å². The van der Waals surface area contributed by atoms with Gasteiger partial charge in [-0.25, -0.2) is 4.79 Å². The number of ether oxygens (including phenoxy) is 2. The van der Waals surface area contributed by atoms with Crippen LogP contribution in [0.5, 0.6) is 17.2 Å². The monoisotopic (exact) mass is 420 g/mol. The largest absolute Gasteiger partial charge is 0.508 e. The van der Waals surface area contributed by atoms with E-state index in [0.717, 1.165) is 27.0 Å². The first-order chi connectivity index (χ1) is 14.3. The van der Waals surface area contributed by atoms with Crippen molar-refractivity contribution in [2.75, 3.05) is 14.2 Å². The lowest BCUT2D eigenvalue weighted by Gasteiger charge is -2.17. The van der Waals surface area contributed by atoms with Crippen LogP contribution in [-0.4, -0.2) is 25.9 Å². The van der Waals surface area contributed by atoms with E-state index in [1.807, 2.05) is 20.0 Å². The van der Waals surface area contributed by atoms with E-state index in [-0.39, 0.29) is 17.2 Å². The van der Waals surface area contributed by atoms with E-state index in [0.29, 0.717) is 25.1 Å². The van der Waals surface area contributed by atoms with Crippen LogP contribution in [0.25, 0.3) is 11.0 Å². The Kier molecular flexibility index (Phi) is 6.56. The number of aryl methyl sites for hydroxylation is 1. The Balaban J connectivity index is 1.85. The van der Waals surface area contributed by atoms with Crippen molar-refractivity contribution in [2.24, 2.45) is 0 Å². The zero-order valence-electron chi connectivity index (χ0n) is 17.0. The Morgan fingerprint density at radius 1 is 1.10 bits per heavy atom. The number of methoxy groups -OCH3 is 1. The van der Waals surface area contributed by atoms with Crippen LogP contribution in [-0.2, 0) is 19.5 Å². The third-order valence-electron chi connectivity index (χ3n) is 4.85. The highest BCUT2D eigenvalue weighted by molar-refractivity contribution is 5.82. The molecular formula is C22H24F2NO5+. The van der Waals surface area contributed by atoms with E-state index in [2.05, 4.69) is 4.74 Å². The molecule has 0 radical (unpaired) electrons. The number of hydrogen-bond acceptors (Lipinski definition) is 5. The molecule has 3 rings (SSSR count). The second-order valence-electron chi connectivity index (χ2n) is 7.10. The number of nitrogens with one attached hydrogen (secondary N) is 1. The van der Waals surface area contributed by atoms with Crippen LogP contribution in [0, 0.1) is 0 Å². The fraction of sp³-hybridized carbons (Fsp3) is 0.318. The molecule has 0 amide bonds. The zero-order valence-corrected chi connectivity index (χ0v) is 17.0. The van der Waals surface area contributed by atoms with E-state index >= 15 is 0 Å². The number of fused-ring (bicyclic) bond motifs is 1. The lowest BCUT2D eigenvalue weighted by Crippen LogP contribution is -3.06. The van der Waals surface area contributed by atoms with Gasteiger partial charge in [0.05, 0.1) is 14.2 Å². The first kappa shape index (κ1) is 21.6. The quantitative estimate of drug-likeness (QED) is 0.549. The van der Waals surface area contributed by atoms with Gasteiger partial charge in [-0.2, -0.15) is 8.78 Å². The number of phenols is 1. The highest BCUT2D eigenvalue weighted by atomic mass is 19.3. The molecule has 2 aromatic carbocycles. The van der Waals surface area contributed by atoms with Crippen LogP contribution >= 0.6 is 0 Å². The molecule has 6 nitrogen and oxygen atoms in total. The number of benzene rings is 2. The number of halogens is 2. The zero-order chi connectivity index (χ0) is 21.8. The highest BCUT2D eigenvalue weighted by Crippen LogP contribution is 2.29. The third kappa shape index (κ3) is 4.88. The minimum Gasteiger partial charge on any atom is -0.508 e. The van der Waals surface area contributed by atoms with Crippen LogP contribution in [0.4, 0.5) is 8.78 Å². The molecule has 30 heavy (non-hydrogen) atoms. The first-order valence-electron chi connectivity index (χ1n) is 9.52. The lowest BCUT2D eigenvalue weighted by atomic mass is 10.0. The molecule has 1 heterocycles. The van der Waals surface area contributed by atoms with Crippen molar-refractivity contribution in [1.29, 1.82) is 0 Å². The first-order valence-corrected chi connectivity index (χ1v) is 9.52. The molecule has 0 fully saturated rings. The number of quaternary nitrogens is 1. The standard InChI is InChI=1S/C22H23F2NO5/c1-4-14-8-16-15(9-21(27)29-19(16)10-17(14)26)12-25(2)11-13-5-6-18(30-22(23)24)20(7-13)28-3/h5-10,22,26H,4,11-12H2,1-3H3/p+1. The van der Waals surface area contributed by atoms with Gasteiger partial charge in [-0.05, 0) is 36.2 Å². The van der Waals surface area contributed by atoms with Gasteiger partial charge in [0.2, 0.25) is 0 Å². The molecule has 1 unspecified atom stereocenters. The van der Waals surface area contributed by atoms with Gasteiger partial charge in [-0.15, -0.1) is 0 Å². The Morgan fingerprint density at radius 3 is 2.53 bits per heavy atom. The molecule has 1 aromatic heterocycles. The van der Waals surface area contributed by atoms with E-state index in [9.17, 15) is 18.7 Å². The molecule has 8 heteroatoms. The summed E-state index contributed by atoms with van der Waals surface area (Å²) in [6.07, 6.45) is 0.649. The SMILES string of the molecule is CCc1cc2c(C[NH+](C)Cc3ccc(OC(F)F)c(OC)c3)cc(=O)oc2cc1O. The number of phenolic OH excluding ortho intramolecular Hbond substituents is 1. The topological polar surface area (TPSA) is 73.3 Å². The van der Waals surface area contributed by atoms with Gasteiger partial charge < -0.3 is 23.9 Å². The van der Waals surface area contributed by atoms with Gasteiger partial charge in [-0.3, -0.25) is 0 Å². The Hall–Kier alpha value is -3.13. The van der Waals surface area contributed by atoms with E-state index < -0.39 is 12.2 Å². The number of rotatable bonds is 8. The molecule has 0 saturated heterocycles. The molecule has 0 bridgehead atoms. The second kappa shape index (κ2) is 9.13. The molecule has 3 aromatic rings. The Bertz CT molecular complexity index is 1100. The normalized spacial score (nSPS) is 12.3. The summed E-state index contributed by atoms with van der Waals surface area (Å²) in [5.41, 5.74) is 2.30. The van der Waals surface area contributed by atoms with Gasteiger partial charge in [0.1, 0.15) is 24.4 Å². The predicted molar refractivity (Wildman–Crippen MR) is 107 cm³/mol. The van der Waals surface area contributed by atoms with Crippen molar-refractivity contribution in [3.63, 3.8) is 0 Å². The molecule has 1 atom stereocenters. The average molecular weight is 420 g/mol. The number of alkyl halides is 2. The predicted octanol–water partition coefficient (Wildman–Crippen LogP) is 2.89. The molecular weight excluding hydrogens is 396 g/mol. The summed E-state index contributed by atoms with van der Waals surface area (Å²) in [6, 6.07) is 9.59. The number of hydrogen-bond donors (Lipinski definition) is 2. The molecule has 0 aliphatic carbocycles. The maximum atomic E-state index is 12.5.